The summed E-state index contributed by atoms with van der Waals surface area (Å²) in [5, 5.41) is 0. The van der Waals surface area contributed by atoms with Crippen LogP contribution in [0.5, 0.6) is 0 Å². The Balaban J connectivity index is 3.18. The van der Waals surface area contributed by atoms with Gasteiger partial charge in [-0.3, -0.25) is 0 Å². The molecule has 0 fully saturated rings. The zero-order valence-corrected chi connectivity index (χ0v) is 20.3. The predicted molar refractivity (Wildman–Crippen MR) is 134 cm³/mol. The first-order valence-corrected chi connectivity index (χ1v) is 13.4. The molecule has 1 unspecified atom stereocenters. The van der Waals surface area contributed by atoms with Gasteiger partial charge in [0.2, 0.25) is 0 Å². The van der Waals surface area contributed by atoms with Gasteiger partial charge in [0.1, 0.15) is 0 Å². The fraction of sp³-hybridized carbons (Fsp3) is 0.862. The first-order valence-electron chi connectivity index (χ1n) is 13.4. The molecule has 0 heterocycles. The van der Waals surface area contributed by atoms with Crippen LogP contribution in [0.15, 0.2) is 0 Å². The smallest absolute Gasteiger partial charge is 0.0198 e. The Hall–Kier alpha value is -0.440. The molecule has 0 amide bonds. The van der Waals surface area contributed by atoms with E-state index in [0.717, 1.165) is 18.8 Å². The molecule has 0 saturated carbocycles. The second-order valence-corrected chi connectivity index (χ2v) is 9.17. The lowest BCUT2D eigenvalue weighted by Crippen LogP contribution is -1.99. The van der Waals surface area contributed by atoms with E-state index in [1.807, 2.05) is 0 Å². The van der Waals surface area contributed by atoms with Gasteiger partial charge >= 0.3 is 0 Å². The van der Waals surface area contributed by atoms with E-state index in [1.54, 1.807) is 0 Å². The Labute approximate surface area is 186 Å². The van der Waals surface area contributed by atoms with Crippen LogP contribution in [0.4, 0.5) is 0 Å². The SMILES string of the molecule is [CH2]C#CCCCCCCCCCCCCCCCCCC(CC)CCCCC[CH2]. The van der Waals surface area contributed by atoms with E-state index >= 15 is 0 Å². The highest BCUT2D eigenvalue weighted by Crippen LogP contribution is 2.21. The molecule has 0 aromatic rings. The van der Waals surface area contributed by atoms with Gasteiger partial charge in [-0.15, -0.1) is 11.8 Å². The second kappa shape index (κ2) is 25.6. The molecule has 0 aliphatic carbocycles. The lowest BCUT2D eigenvalue weighted by atomic mass is 9.92. The average molecular weight is 403 g/mol. The normalized spacial score (nSPS) is 12.0. The molecule has 0 heteroatoms. The summed E-state index contributed by atoms with van der Waals surface area (Å²) >= 11 is 0. The van der Waals surface area contributed by atoms with E-state index in [-0.39, 0.29) is 0 Å². The molecule has 0 nitrogen and oxygen atoms in total. The van der Waals surface area contributed by atoms with Crippen molar-refractivity contribution in [3.8, 4) is 11.8 Å². The summed E-state index contributed by atoms with van der Waals surface area (Å²) < 4.78 is 0. The highest BCUT2D eigenvalue weighted by molar-refractivity contribution is 5.00. The highest BCUT2D eigenvalue weighted by Gasteiger charge is 2.05. The standard InChI is InChI=1S/C29H54/c1-4-7-9-11-12-13-14-15-16-17-18-19-20-21-22-23-24-26-28-29(6-3)27-25-10-8-5-2/h29H,1-2,5-6,8-28H2,3H3. The molecule has 0 aromatic heterocycles. The van der Waals surface area contributed by atoms with Crippen LogP contribution in [0.1, 0.15) is 155 Å². The lowest BCUT2D eigenvalue weighted by Gasteiger charge is -2.14. The van der Waals surface area contributed by atoms with E-state index in [2.05, 4.69) is 32.6 Å². The summed E-state index contributed by atoms with van der Waals surface area (Å²) in [6, 6.07) is 0. The summed E-state index contributed by atoms with van der Waals surface area (Å²) in [5.74, 6) is 6.78. The van der Waals surface area contributed by atoms with Gasteiger partial charge in [0.25, 0.3) is 0 Å². The molecule has 29 heavy (non-hydrogen) atoms. The molecule has 0 aromatic carbocycles. The Bertz CT molecular complexity index is 345. The van der Waals surface area contributed by atoms with Gasteiger partial charge in [-0.05, 0) is 12.3 Å². The molecule has 0 aliphatic heterocycles. The van der Waals surface area contributed by atoms with E-state index < -0.39 is 0 Å². The van der Waals surface area contributed by atoms with Gasteiger partial charge in [-0.2, -0.15) is 0 Å². The second-order valence-electron chi connectivity index (χ2n) is 9.17. The van der Waals surface area contributed by atoms with Crippen molar-refractivity contribution in [2.75, 3.05) is 0 Å². The van der Waals surface area contributed by atoms with E-state index in [0.29, 0.717) is 0 Å². The van der Waals surface area contributed by atoms with Crippen LogP contribution in [0, 0.1) is 31.6 Å². The van der Waals surface area contributed by atoms with Gasteiger partial charge in [0.05, 0.1) is 0 Å². The molecule has 0 spiro atoms. The molecule has 1 atom stereocenters. The van der Waals surface area contributed by atoms with Crippen LogP contribution in [0.3, 0.4) is 0 Å². The monoisotopic (exact) mass is 402 g/mol. The van der Waals surface area contributed by atoms with Gasteiger partial charge in [-0.1, -0.05) is 149 Å². The summed E-state index contributed by atoms with van der Waals surface area (Å²) in [6.07, 6.45) is 32.2. The van der Waals surface area contributed by atoms with Crippen molar-refractivity contribution in [1.29, 1.82) is 0 Å². The molecule has 2 radical (unpaired) electrons. The fourth-order valence-corrected chi connectivity index (χ4v) is 4.37. The quantitative estimate of drug-likeness (QED) is 0.118. The van der Waals surface area contributed by atoms with Crippen LogP contribution in [-0.4, -0.2) is 0 Å². The maximum absolute atomic E-state index is 3.95. The number of unbranched alkanes of at least 4 members (excludes halogenated alkanes) is 18. The Kier molecular flexibility index (Phi) is 25.2. The molecular formula is C29H54. The van der Waals surface area contributed by atoms with Crippen molar-refractivity contribution in [2.45, 2.75) is 155 Å². The summed E-state index contributed by atoms with van der Waals surface area (Å²) in [7, 11) is 0. The first kappa shape index (κ1) is 28.6. The van der Waals surface area contributed by atoms with Gasteiger partial charge in [-0.25, -0.2) is 0 Å². The molecule has 170 valence electrons. The van der Waals surface area contributed by atoms with Gasteiger partial charge in [0, 0.05) is 13.3 Å². The molecule has 0 saturated heterocycles. The Morgan fingerprint density at radius 2 is 0.931 bits per heavy atom. The lowest BCUT2D eigenvalue weighted by molar-refractivity contribution is 0.394. The first-order chi connectivity index (χ1) is 14.3. The molecule has 0 bridgehead atoms. The Morgan fingerprint density at radius 1 is 0.552 bits per heavy atom. The van der Waals surface area contributed by atoms with Crippen molar-refractivity contribution in [2.24, 2.45) is 5.92 Å². The molecular weight excluding hydrogens is 348 g/mol. The number of hydrogen-bond donors (Lipinski definition) is 0. The van der Waals surface area contributed by atoms with E-state index in [1.165, 1.54) is 135 Å². The average Bonchev–Trinajstić information content (AvgIpc) is 2.74. The third kappa shape index (κ3) is 23.7. The van der Waals surface area contributed by atoms with Gasteiger partial charge in [0.15, 0.2) is 0 Å². The highest BCUT2D eigenvalue weighted by atomic mass is 14.1. The van der Waals surface area contributed by atoms with Crippen molar-refractivity contribution in [3.05, 3.63) is 13.8 Å². The third-order valence-corrected chi connectivity index (χ3v) is 6.48. The van der Waals surface area contributed by atoms with Crippen LogP contribution < -0.4 is 0 Å². The topological polar surface area (TPSA) is 0 Å². The Morgan fingerprint density at radius 3 is 1.31 bits per heavy atom. The maximum atomic E-state index is 3.95. The van der Waals surface area contributed by atoms with Crippen LogP contribution >= 0.6 is 0 Å². The van der Waals surface area contributed by atoms with Crippen molar-refractivity contribution < 1.29 is 0 Å². The van der Waals surface area contributed by atoms with E-state index in [4.69, 9.17) is 0 Å². The number of hydrogen-bond acceptors (Lipinski definition) is 0. The summed E-state index contributed by atoms with van der Waals surface area (Å²) in [4.78, 5) is 0. The van der Waals surface area contributed by atoms with Crippen molar-refractivity contribution in [3.63, 3.8) is 0 Å². The van der Waals surface area contributed by atoms with Crippen LogP contribution in [0.25, 0.3) is 0 Å². The van der Waals surface area contributed by atoms with Crippen LogP contribution in [0.2, 0.25) is 0 Å². The van der Waals surface area contributed by atoms with Crippen LogP contribution in [-0.2, 0) is 0 Å². The zero-order chi connectivity index (χ0) is 21.3. The minimum atomic E-state index is 0.993. The molecule has 0 N–H and O–H groups in total. The zero-order valence-electron chi connectivity index (χ0n) is 20.3. The minimum Gasteiger partial charge on any atom is -0.103 e. The largest absolute Gasteiger partial charge is 0.103 e. The summed E-state index contributed by atoms with van der Waals surface area (Å²) in [6.45, 7) is 9.89. The third-order valence-electron chi connectivity index (χ3n) is 6.48. The fourth-order valence-electron chi connectivity index (χ4n) is 4.37. The van der Waals surface area contributed by atoms with Crippen molar-refractivity contribution in [1.82, 2.24) is 0 Å². The minimum absolute atomic E-state index is 0.993. The maximum Gasteiger partial charge on any atom is 0.0198 e. The predicted octanol–water partition coefficient (Wildman–Crippen LogP) is 10.3. The molecule has 0 rings (SSSR count). The number of rotatable bonds is 23. The summed E-state index contributed by atoms with van der Waals surface area (Å²) in [5.41, 5.74) is 0. The van der Waals surface area contributed by atoms with E-state index in [9.17, 15) is 0 Å². The van der Waals surface area contributed by atoms with Gasteiger partial charge < -0.3 is 0 Å². The molecule has 0 aliphatic rings. The van der Waals surface area contributed by atoms with Crippen molar-refractivity contribution >= 4 is 0 Å².